The van der Waals surface area contributed by atoms with Crippen molar-refractivity contribution in [2.24, 2.45) is 0 Å². The summed E-state index contributed by atoms with van der Waals surface area (Å²) in [7, 11) is 2.09. The molecule has 3 heterocycles. The van der Waals surface area contributed by atoms with Crippen LogP contribution >= 0.6 is 11.3 Å². The largest absolute Gasteiger partial charge is 0.482 e. The van der Waals surface area contributed by atoms with Crippen molar-refractivity contribution in [2.75, 3.05) is 18.9 Å². The van der Waals surface area contributed by atoms with Gasteiger partial charge in [0.2, 0.25) is 6.10 Å². The highest BCUT2D eigenvalue weighted by atomic mass is 32.1. The normalized spacial score (nSPS) is 22.8. The Balaban J connectivity index is 1.49. The van der Waals surface area contributed by atoms with E-state index in [1.165, 1.54) is 16.2 Å². The highest BCUT2D eigenvalue weighted by Gasteiger charge is 2.34. The van der Waals surface area contributed by atoms with Gasteiger partial charge in [0.15, 0.2) is 16.6 Å². The maximum atomic E-state index is 12.6. The molecule has 0 radical (unpaired) electrons. The lowest BCUT2D eigenvalue weighted by Crippen LogP contribution is -2.46. The Bertz CT molecular complexity index is 776. The predicted octanol–water partition coefficient (Wildman–Crippen LogP) is 2.30. The van der Waals surface area contributed by atoms with Crippen LogP contribution in [0.1, 0.15) is 17.5 Å². The summed E-state index contributed by atoms with van der Waals surface area (Å²) in [6.07, 6.45) is -0.130. The van der Waals surface area contributed by atoms with Crippen LogP contribution in [0.15, 0.2) is 24.3 Å². The van der Waals surface area contributed by atoms with Crippen LogP contribution in [-0.2, 0) is 17.8 Å². The van der Waals surface area contributed by atoms with Gasteiger partial charge in [-0.05, 0) is 26.1 Å². The van der Waals surface area contributed by atoms with Crippen LogP contribution in [0.5, 0.6) is 11.5 Å². The molecule has 24 heavy (non-hydrogen) atoms. The lowest BCUT2D eigenvalue weighted by molar-refractivity contribution is -0.128. The minimum absolute atomic E-state index is 0.226. The van der Waals surface area contributed by atoms with Crippen molar-refractivity contribution in [3.8, 4) is 11.5 Å². The summed E-state index contributed by atoms with van der Waals surface area (Å²) in [5.41, 5.74) is 1.09. The van der Waals surface area contributed by atoms with E-state index in [2.05, 4.69) is 22.2 Å². The Hall–Kier alpha value is -2.12. The average molecular weight is 345 g/mol. The van der Waals surface area contributed by atoms with Gasteiger partial charge in [0.05, 0.1) is 5.69 Å². The minimum Gasteiger partial charge on any atom is -0.482 e. The van der Waals surface area contributed by atoms with Crippen molar-refractivity contribution in [2.45, 2.75) is 32.1 Å². The quantitative estimate of drug-likeness (QED) is 0.905. The molecule has 2 aromatic rings. The van der Waals surface area contributed by atoms with Gasteiger partial charge in [0.1, 0.15) is 6.10 Å². The van der Waals surface area contributed by atoms with Gasteiger partial charge in [0, 0.05) is 24.4 Å². The van der Waals surface area contributed by atoms with Gasteiger partial charge in [-0.15, -0.1) is 11.3 Å². The predicted molar refractivity (Wildman–Crippen MR) is 91.7 cm³/mol. The van der Waals surface area contributed by atoms with Crippen molar-refractivity contribution in [3.63, 3.8) is 0 Å². The molecular formula is C17H19N3O3S. The Labute approximate surface area is 144 Å². The topological polar surface area (TPSA) is 63.7 Å². The molecule has 1 aromatic heterocycles. The second-order valence-corrected chi connectivity index (χ2v) is 7.26. The van der Waals surface area contributed by atoms with E-state index in [0.29, 0.717) is 16.6 Å². The molecule has 0 bridgehead atoms. The number of likely N-dealkylation sites (N-methyl/N-ethyl adjacent to an activating group) is 1. The summed E-state index contributed by atoms with van der Waals surface area (Å²) < 4.78 is 11.6. The van der Waals surface area contributed by atoms with Crippen LogP contribution in [0.25, 0.3) is 0 Å². The maximum Gasteiger partial charge on any atom is 0.271 e. The average Bonchev–Trinajstić information content (AvgIpc) is 2.95. The van der Waals surface area contributed by atoms with Gasteiger partial charge >= 0.3 is 0 Å². The molecule has 126 valence electrons. The maximum absolute atomic E-state index is 12.6. The highest BCUT2D eigenvalue weighted by molar-refractivity contribution is 7.15. The van der Waals surface area contributed by atoms with Gasteiger partial charge in [-0.25, -0.2) is 4.98 Å². The molecule has 0 aliphatic carbocycles. The Kier molecular flexibility index (Phi) is 3.90. The first-order chi connectivity index (χ1) is 11.6. The second kappa shape index (κ2) is 6.07. The molecule has 0 spiro atoms. The molecule has 0 fully saturated rings. The molecule has 1 aromatic carbocycles. The molecule has 7 heteroatoms. The first-order valence-electron chi connectivity index (χ1n) is 8.00. The fourth-order valence-corrected chi connectivity index (χ4v) is 4.05. The molecule has 6 nitrogen and oxygen atoms in total. The molecule has 2 atom stereocenters. The number of nitrogens with one attached hydrogen (secondary N) is 1. The van der Waals surface area contributed by atoms with Crippen LogP contribution < -0.4 is 14.8 Å². The van der Waals surface area contributed by atoms with Crippen LogP contribution in [-0.4, -0.2) is 41.6 Å². The number of carbonyl (C=O) groups is 1. The summed E-state index contributed by atoms with van der Waals surface area (Å²) in [5.74, 6) is 1.04. The van der Waals surface area contributed by atoms with E-state index < -0.39 is 6.10 Å². The van der Waals surface area contributed by atoms with Crippen LogP contribution in [0.4, 0.5) is 5.13 Å². The molecule has 1 N–H and O–H groups in total. The number of hydrogen-bond acceptors (Lipinski definition) is 6. The number of benzene rings is 1. The standard InChI is InChI=1S/C17H19N3O3S/c1-10-15(23-13-6-4-3-5-12(13)22-10)16(21)19-17-18-11-7-8-20(2)9-14(11)24-17/h3-6,10,15H,7-9H2,1-2H3,(H,18,19,21). The number of carbonyl (C=O) groups excluding carboxylic acids is 1. The van der Waals surface area contributed by atoms with Crippen molar-refractivity contribution < 1.29 is 14.3 Å². The number of para-hydroxylation sites is 2. The molecule has 0 saturated heterocycles. The molecule has 0 saturated carbocycles. The van der Waals surface area contributed by atoms with Crippen molar-refractivity contribution in [3.05, 3.63) is 34.8 Å². The van der Waals surface area contributed by atoms with E-state index in [1.54, 1.807) is 6.07 Å². The summed E-state index contributed by atoms with van der Waals surface area (Å²) in [6, 6.07) is 7.38. The van der Waals surface area contributed by atoms with Gasteiger partial charge < -0.3 is 14.4 Å². The number of aromatic nitrogens is 1. The van der Waals surface area contributed by atoms with E-state index in [9.17, 15) is 4.79 Å². The molecule has 4 rings (SSSR count). The molecule has 2 aliphatic rings. The molecule has 2 unspecified atom stereocenters. The Morgan fingerprint density at radius 3 is 2.88 bits per heavy atom. The van der Waals surface area contributed by atoms with Crippen molar-refractivity contribution in [1.29, 1.82) is 0 Å². The first kappa shape index (κ1) is 15.4. The van der Waals surface area contributed by atoms with Crippen molar-refractivity contribution in [1.82, 2.24) is 9.88 Å². The van der Waals surface area contributed by atoms with Crippen LogP contribution in [0.3, 0.4) is 0 Å². The number of ether oxygens (including phenoxy) is 2. The summed E-state index contributed by atoms with van der Waals surface area (Å²) >= 11 is 1.54. The SMILES string of the molecule is CC1Oc2ccccc2OC1C(=O)Nc1nc2c(s1)CN(C)CC2. The third-order valence-electron chi connectivity index (χ3n) is 4.25. The molecular weight excluding hydrogens is 326 g/mol. The number of nitrogens with zero attached hydrogens (tertiary/aromatic N) is 2. The Morgan fingerprint density at radius 2 is 2.08 bits per heavy atom. The third-order valence-corrected chi connectivity index (χ3v) is 5.25. The Morgan fingerprint density at radius 1 is 1.33 bits per heavy atom. The van der Waals surface area contributed by atoms with Gasteiger partial charge in [-0.1, -0.05) is 12.1 Å². The van der Waals surface area contributed by atoms with E-state index in [1.807, 2.05) is 25.1 Å². The van der Waals surface area contributed by atoms with E-state index >= 15 is 0 Å². The molecule has 2 aliphatic heterocycles. The van der Waals surface area contributed by atoms with E-state index in [-0.39, 0.29) is 12.0 Å². The fourth-order valence-electron chi connectivity index (χ4n) is 2.96. The number of hydrogen-bond donors (Lipinski definition) is 1. The lowest BCUT2D eigenvalue weighted by atomic mass is 10.1. The monoisotopic (exact) mass is 345 g/mol. The van der Waals surface area contributed by atoms with E-state index in [4.69, 9.17) is 9.47 Å². The number of rotatable bonds is 2. The van der Waals surface area contributed by atoms with E-state index in [0.717, 1.165) is 25.2 Å². The van der Waals surface area contributed by atoms with Gasteiger partial charge in [0.25, 0.3) is 5.91 Å². The number of thiazole rings is 1. The summed E-state index contributed by atoms with van der Waals surface area (Å²) in [4.78, 5) is 20.6. The summed E-state index contributed by atoms with van der Waals surface area (Å²) in [5, 5.41) is 3.52. The first-order valence-corrected chi connectivity index (χ1v) is 8.82. The molecule has 1 amide bonds. The zero-order valence-electron chi connectivity index (χ0n) is 13.6. The lowest BCUT2D eigenvalue weighted by Gasteiger charge is -2.30. The fraction of sp³-hybridized carbons (Fsp3) is 0.412. The van der Waals surface area contributed by atoms with Gasteiger partial charge in [-0.3, -0.25) is 10.1 Å². The number of amides is 1. The second-order valence-electron chi connectivity index (χ2n) is 6.17. The highest BCUT2D eigenvalue weighted by Crippen LogP contribution is 2.34. The number of anilines is 1. The zero-order chi connectivity index (χ0) is 16.7. The van der Waals surface area contributed by atoms with Gasteiger partial charge in [-0.2, -0.15) is 0 Å². The number of fused-ring (bicyclic) bond motifs is 2. The van der Waals surface area contributed by atoms with Crippen molar-refractivity contribution >= 4 is 22.4 Å². The van der Waals surface area contributed by atoms with Crippen LogP contribution in [0, 0.1) is 0 Å². The minimum atomic E-state index is -0.691. The summed E-state index contributed by atoms with van der Waals surface area (Å²) in [6.45, 7) is 3.72. The zero-order valence-corrected chi connectivity index (χ0v) is 14.4. The van der Waals surface area contributed by atoms with Crippen LogP contribution in [0.2, 0.25) is 0 Å². The third kappa shape index (κ3) is 2.85. The smallest absolute Gasteiger partial charge is 0.271 e.